The molecule has 1 heterocycles. The van der Waals surface area contributed by atoms with Crippen molar-refractivity contribution in [3.05, 3.63) is 71.4 Å². The fourth-order valence-corrected chi connectivity index (χ4v) is 4.20. The Balaban J connectivity index is 2.28. The van der Waals surface area contributed by atoms with Crippen LogP contribution in [0.5, 0.6) is 0 Å². The summed E-state index contributed by atoms with van der Waals surface area (Å²) in [7, 11) is -3.76. The predicted molar refractivity (Wildman–Crippen MR) is 93.0 cm³/mol. The van der Waals surface area contributed by atoms with Crippen LogP contribution in [-0.4, -0.2) is 19.7 Å². The standard InChI is InChI=1S/C19H17NO3S/c1-13-8-10-16(11-9-13)24(22,23)19-18(14(2)17(12-21)20-19)15-6-4-3-5-7-15/h3-12,20H,1-2H3. The van der Waals surface area contributed by atoms with Gasteiger partial charge in [-0.3, -0.25) is 4.79 Å². The zero-order valence-electron chi connectivity index (χ0n) is 13.4. The number of carbonyl (C=O) groups is 1. The molecule has 3 aromatic rings. The van der Waals surface area contributed by atoms with Gasteiger partial charge in [0.15, 0.2) is 6.29 Å². The third-order valence-corrected chi connectivity index (χ3v) is 5.77. The minimum atomic E-state index is -3.76. The molecule has 122 valence electrons. The van der Waals surface area contributed by atoms with Gasteiger partial charge in [-0.1, -0.05) is 48.0 Å². The highest BCUT2D eigenvalue weighted by molar-refractivity contribution is 7.91. The Morgan fingerprint density at radius 3 is 2.12 bits per heavy atom. The molecule has 5 heteroatoms. The van der Waals surface area contributed by atoms with E-state index >= 15 is 0 Å². The van der Waals surface area contributed by atoms with Gasteiger partial charge < -0.3 is 4.98 Å². The molecule has 0 fully saturated rings. The van der Waals surface area contributed by atoms with Crippen molar-refractivity contribution in [1.29, 1.82) is 0 Å². The van der Waals surface area contributed by atoms with Crippen LogP contribution < -0.4 is 0 Å². The van der Waals surface area contributed by atoms with E-state index in [2.05, 4.69) is 4.98 Å². The average molecular weight is 339 g/mol. The fourth-order valence-electron chi connectivity index (χ4n) is 2.69. The molecule has 0 aliphatic rings. The number of nitrogens with one attached hydrogen (secondary N) is 1. The molecule has 0 atom stereocenters. The Kier molecular flexibility index (Phi) is 4.11. The third kappa shape index (κ3) is 2.67. The highest BCUT2D eigenvalue weighted by Gasteiger charge is 2.27. The van der Waals surface area contributed by atoms with Crippen LogP contribution in [0.2, 0.25) is 0 Å². The second-order valence-electron chi connectivity index (χ2n) is 5.67. The minimum absolute atomic E-state index is 0.0529. The van der Waals surface area contributed by atoms with Crippen LogP contribution in [0.4, 0.5) is 0 Å². The van der Waals surface area contributed by atoms with Gasteiger partial charge in [-0.05, 0) is 37.1 Å². The molecule has 0 spiro atoms. The first-order valence-electron chi connectivity index (χ1n) is 7.50. The first-order chi connectivity index (χ1) is 11.4. The van der Waals surface area contributed by atoms with Gasteiger partial charge in [0.25, 0.3) is 0 Å². The predicted octanol–water partition coefficient (Wildman–Crippen LogP) is 3.94. The molecule has 0 aliphatic heterocycles. The molecule has 4 nitrogen and oxygen atoms in total. The second kappa shape index (κ2) is 6.09. The van der Waals surface area contributed by atoms with E-state index in [9.17, 15) is 13.2 Å². The van der Waals surface area contributed by atoms with Gasteiger partial charge >= 0.3 is 0 Å². The number of hydrogen-bond donors (Lipinski definition) is 1. The second-order valence-corrected chi connectivity index (χ2v) is 7.55. The molecule has 0 saturated heterocycles. The molecule has 3 rings (SSSR count). The number of aromatic nitrogens is 1. The summed E-state index contributed by atoms with van der Waals surface area (Å²) in [6.45, 7) is 3.64. The Bertz CT molecular complexity index is 985. The summed E-state index contributed by atoms with van der Waals surface area (Å²) in [5.74, 6) is 0. The number of sulfone groups is 1. The van der Waals surface area contributed by atoms with Crippen molar-refractivity contribution in [1.82, 2.24) is 4.98 Å². The topological polar surface area (TPSA) is 67.0 Å². The normalized spacial score (nSPS) is 11.4. The lowest BCUT2D eigenvalue weighted by Gasteiger charge is -2.08. The summed E-state index contributed by atoms with van der Waals surface area (Å²) in [4.78, 5) is 14.3. The highest BCUT2D eigenvalue weighted by atomic mass is 32.2. The maximum atomic E-state index is 13.1. The number of carbonyl (C=O) groups excluding carboxylic acids is 1. The lowest BCUT2D eigenvalue weighted by molar-refractivity contribution is 0.111. The smallest absolute Gasteiger partial charge is 0.222 e. The van der Waals surface area contributed by atoms with E-state index in [0.29, 0.717) is 17.4 Å². The summed E-state index contributed by atoms with van der Waals surface area (Å²) in [5.41, 5.74) is 3.18. The van der Waals surface area contributed by atoms with Crippen LogP contribution >= 0.6 is 0 Å². The molecule has 0 aliphatic carbocycles. The van der Waals surface area contributed by atoms with Crippen molar-refractivity contribution in [3.63, 3.8) is 0 Å². The van der Waals surface area contributed by atoms with Crippen molar-refractivity contribution in [2.75, 3.05) is 0 Å². The lowest BCUT2D eigenvalue weighted by Crippen LogP contribution is -2.04. The number of benzene rings is 2. The number of hydrogen-bond acceptors (Lipinski definition) is 3. The summed E-state index contributed by atoms with van der Waals surface area (Å²) >= 11 is 0. The third-order valence-electron chi connectivity index (χ3n) is 4.03. The van der Waals surface area contributed by atoms with Crippen molar-refractivity contribution >= 4 is 16.1 Å². The molecule has 1 N–H and O–H groups in total. The van der Waals surface area contributed by atoms with Crippen molar-refractivity contribution in [3.8, 4) is 11.1 Å². The van der Waals surface area contributed by atoms with Gasteiger partial charge in [0.1, 0.15) is 5.03 Å². The van der Waals surface area contributed by atoms with E-state index in [1.807, 2.05) is 37.3 Å². The maximum absolute atomic E-state index is 13.1. The summed E-state index contributed by atoms with van der Waals surface area (Å²) in [5, 5.41) is 0.0529. The maximum Gasteiger partial charge on any atom is 0.222 e. The fraction of sp³-hybridized carbons (Fsp3) is 0.105. The van der Waals surface area contributed by atoms with E-state index in [0.717, 1.165) is 11.1 Å². The Labute approximate surface area is 141 Å². The van der Waals surface area contributed by atoms with Gasteiger partial charge in [-0.15, -0.1) is 0 Å². The van der Waals surface area contributed by atoms with Crippen molar-refractivity contribution in [2.45, 2.75) is 23.8 Å². The summed E-state index contributed by atoms with van der Waals surface area (Å²) in [6.07, 6.45) is 0.649. The van der Waals surface area contributed by atoms with Crippen LogP contribution in [0.25, 0.3) is 11.1 Å². The van der Waals surface area contributed by atoms with Gasteiger partial charge in [0, 0.05) is 5.56 Å². The van der Waals surface area contributed by atoms with Gasteiger partial charge in [0.2, 0.25) is 9.84 Å². The van der Waals surface area contributed by atoms with Gasteiger partial charge in [-0.2, -0.15) is 0 Å². The zero-order valence-corrected chi connectivity index (χ0v) is 14.2. The zero-order chi connectivity index (χ0) is 17.3. The quantitative estimate of drug-likeness (QED) is 0.732. The monoisotopic (exact) mass is 339 g/mol. The number of aldehydes is 1. The molecule has 1 aromatic heterocycles. The SMILES string of the molecule is Cc1ccc(S(=O)(=O)c2[nH]c(C=O)c(C)c2-c2ccccc2)cc1. The van der Waals surface area contributed by atoms with E-state index in [4.69, 9.17) is 0 Å². The van der Waals surface area contributed by atoms with Crippen LogP contribution in [0, 0.1) is 13.8 Å². The molecule has 2 aromatic carbocycles. The van der Waals surface area contributed by atoms with Crippen LogP contribution in [-0.2, 0) is 9.84 Å². The summed E-state index contributed by atoms with van der Waals surface area (Å²) < 4.78 is 26.1. The van der Waals surface area contributed by atoms with E-state index in [1.165, 1.54) is 0 Å². The largest absolute Gasteiger partial charge is 0.342 e. The molecular weight excluding hydrogens is 322 g/mol. The van der Waals surface area contributed by atoms with Crippen molar-refractivity contribution < 1.29 is 13.2 Å². The number of aromatic amines is 1. The molecular formula is C19H17NO3S. The molecule has 0 radical (unpaired) electrons. The van der Waals surface area contributed by atoms with Crippen LogP contribution in [0.1, 0.15) is 21.6 Å². The summed E-state index contributed by atoms with van der Waals surface area (Å²) in [6, 6.07) is 15.9. The highest BCUT2D eigenvalue weighted by Crippen LogP contribution is 2.35. The Morgan fingerprint density at radius 1 is 0.917 bits per heavy atom. The molecule has 0 amide bonds. The molecule has 0 unspecified atom stereocenters. The molecule has 0 saturated carbocycles. The van der Waals surface area contributed by atoms with Crippen LogP contribution in [0.15, 0.2) is 64.5 Å². The van der Waals surface area contributed by atoms with Gasteiger partial charge in [-0.25, -0.2) is 8.42 Å². The first kappa shape index (κ1) is 16.2. The number of H-pyrrole nitrogens is 1. The van der Waals surface area contributed by atoms with E-state index < -0.39 is 9.84 Å². The minimum Gasteiger partial charge on any atom is -0.342 e. The lowest BCUT2D eigenvalue weighted by atomic mass is 10.0. The van der Waals surface area contributed by atoms with E-state index in [-0.39, 0.29) is 15.6 Å². The Hall–Kier alpha value is -2.66. The molecule has 24 heavy (non-hydrogen) atoms. The Morgan fingerprint density at radius 2 is 1.54 bits per heavy atom. The van der Waals surface area contributed by atoms with E-state index in [1.54, 1.807) is 31.2 Å². The number of aryl methyl sites for hydroxylation is 1. The first-order valence-corrected chi connectivity index (χ1v) is 8.98. The van der Waals surface area contributed by atoms with Crippen molar-refractivity contribution in [2.24, 2.45) is 0 Å². The van der Waals surface area contributed by atoms with Gasteiger partial charge in [0.05, 0.1) is 10.6 Å². The van der Waals surface area contributed by atoms with Crippen LogP contribution in [0.3, 0.4) is 0 Å². The number of rotatable bonds is 4. The average Bonchev–Trinajstić information content (AvgIpc) is 2.93. The molecule has 0 bridgehead atoms.